The lowest BCUT2D eigenvalue weighted by Crippen LogP contribution is -2.51. The fourth-order valence-electron chi connectivity index (χ4n) is 10.7. The lowest BCUT2D eigenvalue weighted by Gasteiger charge is -2.58. The van der Waals surface area contributed by atoms with Crippen molar-refractivity contribution in [3.63, 3.8) is 0 Å². The first-order chi connectivity index (χ1) is 21.7. The second-order valence-electron chi connectivity index (χ2n) is 17.5. The van der Waals surface area contributed by atoms with Crippen molar-refractivity contribution in [3.05, 3.63) is 11.6 Å². The Morgan fingerprint density at radius 2 is 1.48 bits per heavy atom. The highest BCUT2D eigenvalue weighted by molar-refractivity contribution is 5.94. The normalized spacial score (nSPS) is 31.6. The van der Waals surface area contributed by atoms with Gasteiger partial charge in [0.25, 0.3) is 0 Å². The number of rotatable bonds is 16. The van der Waals surface area contributed by atoms with E-state index >= 15 is 0 Å². The third-order valence-electron chi connectivity index (χ3n) is 13.3. The van der Waals surface area contributed by atoms with E-state index in [1.165, 1.54) is 51.4 Å². The van der Waals surface area contributed by atoms with Crippen molar-refractivity contribution in [1.82, 2.24) is 14.7 Å². The molecule has 3 fully saturated rings. The summed E-state index contributed by atoms with van der Waals surface area (Å²) in [4.78, 5) is 32.5. The van der Waals surface area contributed by atoms with Crippen molar-refractivity contribution in [2.75, 3.05) is 54.4 Å². The average molecular weight is 715 g/mol. The van der Waals surface area contributed by atoms with Crippen LogP contribution in [-0.2, 0) is 14.3 Å². The first-order valence-electron chi connectivity index (χ1n) is 19.2. The van der Waals surface area contributed by atoms with Gasteiger partial charge in [0, 0.05) is 19.5 Å². The van der Waals surface area contributed by atoms with E-state index in [-0.39, 0.29) is 54.6 Å². The Bertz CT molecular complexity index is 1040. The quantitative estimate of drug-likeness (QED) is 0.0909. The lowest BCUT2D eigenvalue weighted by molar-refractivity contribution is -0.155. The van der Waals surface area contributed by atoms with Gasteiger partial charge in [-0.3, -0.25) is 9.59 Å². The number of fused-ring (bicyclic) bond motifs is 5. The molecule has 0 spiro atoms. The zero-order valence-electron chi connectivity index (χ0n) is 32.2. The number of carbonyl (C=O) groups is 2. The van der Waals surface area contributed by atoms with Crippen LogP contribution in [0.25, 0.3) is 0 Å². The fraction of sp³-hybridized carbons (Fsp3) is 0.900. The molecule has 4 rings (SSSR count). The highest BCUT2D eigenvalue weighted by atomic mass is 35.5. The minimum Gasteiger partial charge on any atom is -0.462 e. The van der Waals surface area contributed by atoms with Gasteiger partial charge in [-0.15, -0.1) is 24.8 Å². The van der Waals surface area contributed by atoms with Crippen molar-refractivity contribution in [1.29, 1.82) is 0 Å². The molecule has 8 atom stereocenters. The van der Waals surface area contributed by atoms with Crippen LogP contribution in [0, 0.1) is 46.3 Å². The van der Waals surface area contributed by atoms with Crippen LogP contribution in [0.5, 0.6) is 0 Å². The van der Waals surface area contributed by atoms with Crippen LogP contribution in [0.4, 0.5) is 0 Å². The van der Waals surface area contributed by atoms with E-state index in [2.05, 4.69) is 78.7 Å². The van der Waals surface area contributed by atoms with Crippen molar-refractivity contribution in [2.24, 2.45) is 46.3 Å². The molecule has 8 heteroatoms. The van der Waals surface area contributed by atoms with Gasteiger partial charge in [-0.1, -0.05) is 65.5 Å². The van der Waals surface area contributed by atoms with Gasteiger partial charge in [-0.05, 0) is 145 Å². The maximum Gasteiger partial charge on any atom is 0.315 e. The summed E-state index contributed by atoms with van der Waals surface area (Å²) < 4.78 is 6.06. The second kappa shape index (κ2) is 19.1. The number of nitrogens with zero attached hydrogens (tertiary/aromatic N) is 3. The minimum absolute atomic E-state index is 0. The van der Waals surface area contributed by atoms with E-state index < -0.39 is 0 Å². The Morgan fingerprint density at radius 1 is 0.833 bits per heavy atom. The number of halogens is 2. The van der Waals surface area contributed by atoms with E-state index in [1.807, 2.05) is 4.90 Å². The smallest absolute Gasteiger partial charge is 0.315 e. The standard InChI is InChI=1S/C40H71N3O3.2ClH/c1-29(2)13-10-14-30(3)34-17-18-35-33-16-15-31-27-32(19-21-39(31,4)36(33)20-22-40(34,35)5)46-38(45)28-37(44)43(25-11-23-41(6)7)26-12-24-42(8)9;;/h15,29-30,32-36H,10-14,16-28H2,1-9H3;2*1H. The van der Waals surface area contributed by atoms with E-state index in [0.29, 0.717) is 18.5 Å². The summed E-state index contributed by atoms with van der Waals surface area (Å²) in [5.41, 5.74) is 2.28. The van der Waals surface area contributed by atoms with E-state index in [0.717, 1.165) is 80.7 Å². The number of ether oxygens (including phenoxy) is 1. The molecule has 280 valence electrons. The summed E-state index contributed by atoms with van der Waals surface area (Å²) in [5, 5.41) is 0. The van der Waals surface area contributed by atoms with Crippen LogP contribution in [0.1, 0.15) is 125 Å². The van der Waals surface area contributed by atoms with Gasteiger partial charge in [0.2, 0.25) is 5.91 Å². The van der Waals surface area contributed by atoms with Crippen molar-refractivity contribution < 1.29 is 14.3 Å². The summed E-state index contributed by atoms with van der Waals surface area (Å²) in [5.74, 6) is 4.55. The van der Waals surface area contributed by atoms with Crippen LogP contribution in [0.2, 0.25) is 0 Å². The third kappa shape index (κ3) is 10.6. The van der Waals surface area contributed by atoms with Crippen LogP contribution >= 0.6 is 24.8 Å². The van der Waals surface area contributed by atoms with Crippen LogP contribution in [0.15, 0.2) is 11.6 Å². The van der Waals surface area contributed by atoms with Gasteiger partial charge in [0.15, 0.2) is 0 Å². The lowest BCUT2D eigenvalue weighted by atomic mass is 9.47. The maximum absolute atomic E-state index is 13.2. The van der Waals surface area contributed by atoms with Gasteiger partial charge in [-0.25, -0.2) is 0 Å². The number of amides is 1. The molecule has 0 aromatic rings. The molecule has 8 unspecified atom stereocenters. The Kier molecular flexibility index (Phi) is 17.3. The van der Waals surface area contributed by atoms with Gasteiger partial charge in [0.1, 0.15) is 12.5 Å². The molecule has 6 nitrogen and oxygen atoms in total. The van der Waals surface area contributed by atoms with E-state index in [4.69, 9.17) is 4.74 Å². The summed E-state index contributed by atoms with van der Waals surface area (Å²) in [6.07, 6.45) is 18.0. The third-order valence-corrected chi connectivity index (χ3v) is 13.3. The summed E-state index contributed by atoms with van der Waals surface area (Å²) in [7, 11) is 8.22. The summed E-state index contributed by atoms with van der Waals surface area (Å²) in [6, 6.07) is 0. The molecule has 0 radical (unpaired) electrons. The Morgan fingerprint density at radius 3 is 2.08 bits per heavy atom. The Labute approximate surface area is 307 Å². The molecule has 0 saturated heterocycles. The molecule has 0 aliphatic heterocycles. The second-order valence-corrected chi connectivity index (χ2v) is 17.5. The predicted octanol–water partition coefficient (Wildman–Crippen LogP) is 8.91. The summed E-state index contributed by atoms with van der Waals surface area (Å²) >= 11 is 0. The molecule has 48 heavy (non-hydrogen) atoms. The zero-order chi connectivity index (χ0) is 33.6. The Hall–Kier alpha value is -0.820. The summed E-state index contributed by atoms with van der Waals surface area (Å²) in [6.45, 7) is 15.7. The van der Waals surface area contributed by atoms with E-state index in [9.17, 15) is 9.59 Å². The largest absolute Gasteiger partial charge is 0.462 e. The number of hydrogen-bond donors (Lipinski definition) is 0. The fourth-order valence-corrected chi connectivity index (χ4v) is 10.7. The molecular weight excluding hydrogens is 641 g/mol. The van der Waals surface area contributed by atoms with Gasteiger partial charge in [0.05, 0.1) is 0 Å². The molecule has 0 aromatic heterocycles. The number of esters is 1. The van der Waals surface area contributed by atoms with Gasteiger partial charge < -0.3 is 19.4 Å². The molecular formula is C40H73Cl2N3O3. The monoisotopic (exact) mass is 714 g/mol. The maximum atomic E-state index is 13.2. The number of allylic oxidation sites excluding steroid dienone is 1. The molecule has 0 bridgehead atoms. The van der Waals surface area contributed by atoms with E-state index in [1.54, 1.807) is 5.57 Å². The first kappa shape index (κ1) is 43.3. The predicted molar refractivity (Wildman–Crippen MR) is 205 cm³/mol. The van der Waals surface area contributed by atoms with Crippen molar-refractivity contribution in [2.45, 2.75) is 131 Å². The number of hydrogen-bond acceptors (Lipinski definition) is 5. The topological polar surface area (TPSA) is 53.1 Å². The number of carbonyl (C=O) groups excluding carboxylic acids is 2. The molecule has 0 N–H and O–H groups in total. The molecule has 4 aliphatic carbocycles. The van der Waals surface area contributed by atoms with Gasteiger partial charge in [-0.2, -0.15) is 0 Å². The highest BCUT2D eigenvalue weighted by Crippen LogP contribution is 2.67. The molecule has 0 heterocycles. The molecule has 0 aromatic carbocycles. The SMILES string of the molecule is CC(C)CCCC(C)C1CCC2C3CC=C4CC(OC(=O)CC(=O)N(CCCN(C)C)CCCN(C)C)CCC4(C)C3CCC12C.Cl.Cl. The van der Waals surface area contributed by atoms with Crippen LogP contribution < -0.4 is 0 Å². The van der Waals surface area contributed by atoms with Crippen molar-refractivity contribution in [3.8, 4) is 0 Å². The Balaban J connectivity index is 0.00000400. The minimum atomic E-state index is -0.342. The molecule has 4 aliphatic rings. The van der Waals surface area contributed by atoms with Gasteiger partial charge >= 0.3 is 5.97 Å². The van der Waals surface area contributed by atoms with Crippen LogP contribution in [-0.4, -0.2) is 87.0 Å². The highest BCUT2D eigenvalue weighted by Gasteiger charge is 2.59. The zero-order valence-corrected chi connectivity index (χ0v) is 33.9. The molecule has 1 amide bonds. The average Bonchev–Trinajstić information content (AvgIpc) is 3.33. The molecule has 3 saturated carbocycles. The first-order valence-corrected chi connectivity index (χ1v) is 19.2. The van der Waals surface area contributed by atoms with Crippen molar-refractivity contribution >= 4 is 36.7 Å². The van der Waals surface area contributed by atoms with Crippen LogP contribution in [0.3, 0.4) is 0 Å².